The molecule has 4 rings (SSSR count). The molecule has 0 N–H and O–H groups in total. The summed E-state index contributed by atoms with van der Waals surface area (Å²) in [7, 11) is 0. The Hall–Kier alpha value is -0.520. The van der Waals surface area contributed by atoms with Gasteiger partial charge in [-0.1, -0.05) is 78.2 Å². The van der Waals surface area contributed by atoms with E-state index in [1.165, 1.54) is 57.8 Å². The summed E-state index contributed by atoms with van der Waals surface area (Å²) in [6.45, 7) is 12.7. The summed E-state index contributed by atoms with van der Waals surface area (Å²) in [5.74, 6) is 6.22. The van der Waals surface area contributed by atoms with Crippen LogP contribution in [-0.2, 0) is 0 Å². The molecular formula is C27H44. The van der Waals surface area contributed by atoms with Gasteiger partial charge in [0.15, 0.2) is 0 Å². The van der Waals surface area contributed by atoms with Crippen LogP contribution in [-0.4, -0.2) is 0 Å². The van der Waals surface area contributed by atoms with E-state index in [9.17, 15) is 0 Å². The molecule has 0 radical (unpaired) electrons. The van der Waals surface area contributed by atoms with Gasteiger partial charge in [-0.3, -0.25) is 0 Å². The van der Waals surface area contributed by atoms with Crippen LogP contribution in [0.5, 0.6) is 0 Å². The molecule has 0 aromatic rings. The number of fused-ring (bicyclic) bond motifs is 5. The van der Waals surface area contributed by atoms with Crippen LogP contribution in [0.1, 0.15) is 92.4 Å². The molecule has 152 valence electrons. The third-order valence-electron chi connectivity index (χ3n) is 9.88. The van der Waals surface area contributed by atoms with Crippen LogP contribution in [0.2, 0.25) is 0 Å². The van der Waals surface area contributed by atoms with Crippen molar-refractivity contribution in [3.63, 3.8) is 0 Å². The first-order valence-electron chi connectivity index (χ1n) is 12.2. The minimum atomic E-state index is 0.538. The van der Waals surface area contributed by atoms with E-state index >= 15 is 0 Å². The van der Waals surface area contributed by atoms with Crippen molar-refractivity contribution >= 4 is 0 Å². The first-order chi connectivity index (χ1) is 12.9. The van der Waals surface area contributed by atoms with E-state index in [-0.39, 0.29) is 0 Å². The monoisotopic (exact) mass is 368 g/mol. The molecule has 0 spiro atoms. The molecule has 0 amide bonds. The Morgan fingerprint density at radius 1 is 0.852 bits per heavy atom. The molecule has 2 saturated carbocycles. The normalized spacial score (nSPS) is 46.8. The molecule has 4 aliphatic rings. The van der Waals surface area contributed by atoms with Crippen molar-refractivity contribution in [3.8, 4) is 0 Å². The predicted molar refractivity (Wildman–Crippen MR) is 117 cm³/mol. The largest absolute Gasteiger partial charge is 0.0879 e. The smallest absolute Gasteiger partial charge is 0.000347 e. The van der Waals surface area contributed by atoms with Crippen LogP contribution < -0.4 is 0 Å². The van der Waals surface area contributed by atoms with Gasteiger partial charge in [0, 0.05) is 5.92 Å². The van der Waals surface area contributed by atoms with Gasteiger partial charge in [-0.15, -0.1) is 0 Å². The number of rotatable bonds is 5. The van der Waals surface area contributed by atoms with E-state index in [1.54, 1.807) is 0 Å². The Morgan fingerprint density at radius 3 is 2.41 bits per heavy atom. The number of hydrogen-bond acceptors (Lipinski definition) is 0. The lowest BCUT2D eigenvalue weighted by Crippen LogP contribution is -2.50. The highest BCUT2D eigenvalue weighted by Crippen LogP contribution is 2.66. The summed E-state index contributed by atoms with van der Waals surface area (Å²) < 4.78 is 0. The molecule has 8 atom stereocenters. The van der Waals surface area contributed by atoms with Gasteiger partial charge in [-0.25, -0.2) is 0 Å². The van der Waals surface area contributed by atoms with E-state index in [0.717, 1.165) is 35.5 Å². The van der Waals surface area contributed by atoms with E-state index < -0.39 is 0 Å². The molecule has 0 aromatic heterocycles. The van der Waals surface area contributed by atoms with Gasteiger partial charge in [-0.2, -0.15) is 0 Å². The second-order valence-corrected chi connectivity index (χ2v) is 11.7. The Balaban J connectivity index is 1.50. The summed E-state index contributed by atoms with van der Waals surface area (Å²) in [6.07, 6.45) is 23.3. The van der Waals surface area contributed by atoms with Crippen LogP contribution in [0, 0.1) is 52.3 Å². The molecule has 27 heavy (non-hydrogen) atoms. The van der Waals surface area contributed by atoms with Gasteiger partial charge in [0.25, 0.3) is 0 Å². The van der Waals surface area contributed by atoms with Gasteiger partial charge in [0.1, 0.15) is 0 Å². The van der Waals surface area contributed by atoms with Crippen LogP contribution in [0.4, 0.5) is 0 Å². The Morgan fingerprint density at radius 2 is 1.63 bits per heavy atom. The first kappa shape index (κ1) is 19.8. The molecule has 0 unspecified atom stereocenters. The minimum absolute atomic E-state index is 0.538. The lowest BCUT2D eigenvalue weighted by molar-refractivity contribution is -0.0497. The van der Waals surface area contributed by atoms with Crippen molar-refractivity contribution in [1.29, 1.82) is 0 Å². The van der Waals surface area contributed by atoms with Crippen molar-refractivity contribution in [2.75, 3.05) is 0 Å². The average Bonchev–Trinajstić information content (AvgIpc) is 2.98. The predicted octanol–water partition coefficient (Wildman–Crippen LogP) is 8.05. The Kier molecular flexibility index (Phi) is 5.41. The minimum Gasteiger partial charge on any atom is -0.0879 e. The molecule has 4 aliphatic carbocycles. The van der Waals surface area contributed by atoms with Gasteiger partial charge < -0.3 is 0 Å². The molecule has 0 nitrogen and oxygen atoms in total. The van der Waals surface area contributed by atoms with E-state index in [4.69, 9.17) is 0 Å². The van der Waals surface area contributed by atoms with E-state index in [0.29, 0.717) is 16.7 Å². The summed E-state index contributed by atoms with van der Waals surface area (Å²) in [6, 6.07) is 0. The van der Waals surface area contributed by atoms with Crippen molar-refractivity contribution in [2.24, 2.45) is 52.3 Å². The van der Waals surface area contributed by atoms with E-state index in [2.05, 4.69) is 58.9 Å². The Labute approximate surface area is 169 Å². The van der Waals surface area contributed by atoms with Gasteiger partial charge in [0.2, 0.25) is 0 Å². The van der Waals surface area contributed by atoms with Crippen LogP contribution in [0.15, 0.2) is 24.3 Å². The first-order valence-corrected chi connectivity index (χ1v) is 12.2. The fourth-order valence-electron chi connectivity index (χ4n) is 8.25. The molecule has 0 aliphatic heterocycles. The highest BCUT2D eigenvalue weighted by molar-refractivity contribution is 5.22. The summed E-state index contributed by atoms with van der Waals surface area (Å²) in [5.41, 5.74) is 1.15. The second kappa shape index (κ2) is 7.38. The third-order valence-corrected chi connectivity index (χ3v) is 9.88. The number of hydrogen-bond donors (Lipinski definition) is 0. The molecule has 2 fully saturated rings. The van der Waals surface area contributed by atoms with Crippen LogP contribution >= 0.6 is 0 Å². The molecule has 0 heterocycles. The average molecular weight is 369 g/mol. The summed E-state index contributed by atoms with van der Waals surface area (Å²) in [4.78, 5) is 0. The lowest BCUT2D eigenvalue weighted by atomic mass is 9.47. The van der Waals surface area contributed by atoms with Crippen molar-refractivity contribution in [3.05, 3.63) is 24.3 Å². The fourth-order valence-corrected chi connectivity index (χ4v) is 8.25. The zero-order valence-electron chi connectivity index (χ0n) is 18.7. The summed E-state index contributed by atoms with van der Waals surface area (Å²) >= 11 is 0. The van der Waals surface area contributed by atoms with Crippen molar-refractivity contribution in [1.82, 2.24) is 0 Å². The number of allylic oxidation sites excluding steroid dienone is 4. The van der Waals surface area contributed by atoms with Gasteiger partial charge >= 0.3 is 0 Å². The SMILES string of the molecule is CC(C)CCC[C@@H](C)[C@H]1CC[C@H]2[C@@H]3C=C[C@H]4C=CCC[C@]4(C)[C@H]3CC[C@]12C. The quantitative estimate of drug-likeness (QED) is 0.430. The lowest BCUT2D eigenvalue weighted by Gasteiger charge is -2.57. The van der Waals surface area contributed by atoms with Crippen molar-refractivity contribution in [2.45, 2.75) is 92.4 Å². The Bertz CT molecular complexity index is 583. The zero-order valence-corrected chi connectivity index (χ0v) is 18.7. The third kappa shape index (κ3) is 3.28. The molecular weight excluding hydrogens is 324 g/mol. The molecule has 0 aromatic carbocycles. The maximum absolute atomic E-state index is 2.70. The topological polar surface area (TPSA) is 0 Å². The zero-order chi connectivity index (χ0) is 19.2. The molecule has 0 saturated heterocycles. The standard InChI is InChI=1S/C27H44/c1-19(2)9-8-10-20(3)23-14-15-24-22-13-12-21-11-6-7-17-26(21,4)25(22)16-18-27(23,24)5/h6,11-13,19-25H,7-10,14-18H2,1-5H3/t20-,21-,22+,23-,24+,25+,26+,27-/m1/s1. The van der Waals surface area contributed by atoms with Crippen LogP contribution in [0.3, 0.4) is 0 Å². The maximum atomic E-state index is 2.70. The van der Waals surface area contributed by atoms with Gasteiger partial charge in [0.05, 0.1) is 0 Å². The fraction of sp³-hybridized carbons (Fsp3) is 0.852. The second-order valence-electron chi connectivity index (χ2n) is 11.7. The maximum Gasteiger partial charge on any atom is 0.000347 e. The van der Waals surface area contributed by atoms with Gasteiger partial charge in [-0.05, 0) is 84.9 Å². The molecule has 0 heteroatoms. The highest BCUT2D eigenvalue weighted by atomic mass is 14.6. The van der Waals surface area contributed by atoms with Crippen LogP contribution in [0.25, 0.3) is 0 Å². The molecule has 0 bridgehead atoms. The highest BCUT2D eigenvalue weighted by Gasteiger charge is 2.58. The van der Waals surface area contributed by atoms with Crippen molar-refractivity contribution < 1.29 is 0 Å². The van der Waals surface area contributed by atoms with E-state index in [1.807, 2.05) is 0 Å². The summed E-state index contributed by atoms with van der Waals surface area (Å²) in [5, 5.41) is 0.